The molecule has 0 bridgehead atoms. The van der Waals surface area contributed by atoms with Crippen molar-refractivity contribution in [2.24, 2.45) is 0 Å². The van der Waals surface area contributed by atoms with Crippen LogP contribution in [0.25, 0.3) is 0 Å². The van der Waals surface area contributed by atoms with E-state index in [0.717, 1.165) is 25.2 Å². The number of unbranched alkanes of at least 4 members (excludes halogenated alkanes) is 1. The normalized spacial score (nSPS) is 8.79. The second-order valence-corrected chi connectivity index (χ2v) is 4.81. The average molecular weight is 380 g/mol. The second kappa shape index (κ2) is 21.3. The van der Waals surface area contributed by atoms with Gasteiger partial charge in [0.15, 0.2) is 0 Å². The van der Waals surface area contributed by atoms with Crippen molar-refractivity contribution in [3.05, 3.63) is 30.9 Å². The first-order valence-corrected chi connectivity index (χ1v) is 7.23. The van der Waals surface area contributed by atoms with Crippen LogP contribution in [0.1, 0.15) is 17.7 Å². The van der Waals surface area contributed by atoms with Crippen LogP contribution in [0.4, 0.5) is 0 Å². The second-order valence-electron chi connectivity index (χ2n) is 3.27. The Morgan fingerprint density at radius 3 is 2.26 bits per heavy atom. The van der Waals surface area contributed by atoms with E-state index in [-0.39, 0.29) is 40.1 Å². The van der Waals surface area contributed by atoms with Crippen molar-refractivity contribution in [1.29, 1.82) is 0 Å². The Hall–Kier alpha value is 1.00. The van der Waals surface area contributed by atoms with Gasteiger partial charge in [-0.05, 0) is 6.92 Å². The zero-order chi connectivity index (χ0) is 12.8. The number of aryl methyl sites for hydroxylation is 1. The molecule has 1 heterocycles. The van der Waals surface area contributed by atoms with Crippen molar-refractivity contribution in [2.45, 2.75) is 19.8 Å². The van der Waals surface area contributed by atoms with E-state index in [0.29, 0.717) is 19.8 Å². The number of ether oxygens (including phenoxy) is 2. The summed E-state index contributed by atoms with van der Waals surface area (Å²) < 4.78 is 10.4. The minimum Gasteiger partial charge on any atom is -0.379 e. The summed E-state index contributed by atoms with van der Waals surface area (Å²) in [5.74, 6) is 0.777. The molecule has 0 aromatic carbocycles. The molecule has 1 aromatic rings. The van der Waals surface area contributed by atoms with E-state index >= 15 is 0 Å². The van der Waals surface area contributed by atoms with Crippen LogP contribution in [0.15, 0.2) is 11.7 Å². The van der Waals surface area contributed by atoms with Crippen LogP contribution in [0, 0.1) is 21.3 Å². The molecule has 0 aliphatic carbocycles. The van der Waals surface area contributed by atoms with E-state index in [9.17, 15) is 0 Å². The van der Waals surface area contributed by atoms with Crippen LogP contribution >= 0.6 is 24.0 Å². The number of thiol groups is 1. The molecule has 0 fully saturated rings. The monoisotopic (exact) mass is 380 g/mol. The quantitative estimate of drug-likeness (QED) is 0.426. The molecule has 0 aliphatic rings. The Labute approximate surface area is 153 Å². The number of thiazole rings is 1. The van der Waals surface area contributed by atoms with Crippen LogP contribution in [-0.2, 0) is 42.2 Å². The fourth-order valence-electron chi connectivity index (χ4n) is 0.870. The first kappa shape index (κ1) is 25.0. The fraction of sp³-hybridized carbons (Fsp3) is 0.615. The molecule has 0 unspecified atom stereocenters. The van der Waals surface area contributed by atoms with Crippen molar-refractivity contribution in [2.75, 3.05) is 32.2 Å². The van der Waals surface area contributed by atoms with Crippen molar-refractivity contribution in [3.63, 3.8) is 0 Å². The van der Waals surface area contributed by atoms with Crippen molar-refractivity contribution >= 4 is 24.0 Å². The van der Waals surface area contributed by atoms with E-state index in [1.54, 1.807) is 11.3 Å². The Morgan fingerprint density at radius 1 is 1.26 bits per heavy atom. The summed E-state index contributed by atoms with van der Waals surface area (Å²) in [5, 5.41) is 0. The standard InChI is InChI=1S/C8H17O2S.C4H5NS.CH3.Y/c1-2-3-4-9-5-6-10-7-8-11;1-4-2-5-3-6-4;;/h11H,1-8H2;2-3H,1H3;1H3;/q-1;;-1;. The predicted molar refractivity (Wildman–Crippen MR) is 83.3 cm³/mol. The number of rotatable bonds is 8. The molecule has 0 saturated heterocycles. The topological polar surface area (TPSA) is 31.4 Å². The molecule has 0 atom stereocenters. The van der Waals surface area contributed by atoms with Crippen molar-refractivity contribution < 1.29 is 42.2 Å². The number of hydrogen-bond donors (Lipinski definition) is 1. The third kappa shape index (κ3) is 21.5. The van der Waals surface area contributed by atoms with Crippen LogP contribution in [0.3, 0.4) is 0 Å². The van der Waals surface area contributed by atoms with Gasteiger partial charge < -0.3 is 23.8 Å². The van der Waals surface area contributed by atoms with E-state index < -0.39 is 0 Å². The summed E-state index contributed by atoms with van der Waals surface area (Å²) >= 11 is 5.67. The molecule has 19 heavy (non-hydrogen) atoms. The number of aromatic nitrogens is 1. The van der Waals surface area contributed by atoms with Crippen LogP contribution in [0.5, 0.6) is 0 Å². The Bertz CT molecular complexity index is 229. The fourth-order valence-corrected chi connectivity index (χ4v) is 1.41. The van der Waals surface area contributed by atoms with Gasteiger partial charge in [0.25, 0.3) is 0 Å². The summed E-state index contributed by atoms with van der Waals surface area (Å²) in [7, 11) is 0. The molecular weight excluding hydrogens is 355 g/mol. The van der Waals surface area contributed by atoms with Gasteiger partial charge in [-0.1, -0.05) is 6.42 Å². The Balaban J connectivity index is -0.000000274. The van der Waals surface area contributed by atoms with E-state index in [2.05, 4.69) is 24.5 Å². The van der Waals surface area contributed by atoms with Gasteiger partial charge in [0.2, 0.25) is 0 Å². The first-order valence-electron chi connectivity index (χ1n) is 5.72. The van der Waals surface area contributed by atoms with Gasteiger partial charge in [0, 0.05) is 56.1 Å². The SMILES string of the molecule is Cc1cncs1.[CH2-]CCCOCCOCCS.[CH3-].[Y]. The summed E-state index contributed by atoms with van der Waals surface area (Å²) in [4.78, 5) is 5.11. The third-order valence-corrected chi connectivity index (χ3v) is 2.59. The third-order valence-electron chi connectivity index (χ3n) is 1.70. The molecule has 1 radical (unpaired) electrons. The summed E-state index contributed by atoms with van der Waals surface area (Å²) in [6, 6.07) is 0. The molecule has 111 valence electrons. The number of hydrogen-bond acceptors (Lipinski definition) is 5. The van der Waals surface area contributed by atoms with Gasteiger partial charge in [0.05, 0.1) is 25.3 Å². The molecule has 6 heteroatoms. The summed E-state index contributed by atoms with van der Waals surface area (Å²) in [6.45, 7) is 8.63. The van der Waals surface area contributed by atoms with Gasteiger partial charge >= 0.3 is 0 Å². The zero-order valence-electron chi connectivity index (χ0n) is 12.0. The molecule has 1 aromatic heterocycles. The van der Waals surface area contributed by atoms with Gasteiger partial charge in [-0.3, -0.25) is 4.98 Å². The molecule has 3 nitrogen and oxygen atoms in total. The maximum Gasteiger partial charge on any atom is 0.0794 e. The van der Waals surface area contributed by atoms with E-state index in [1.807, 2.05) is 18.6 Å². The van der Waals surface area contributed by atoms with Gasteiger partial charge in [-0.25, -0.2) is 0 Å². The molecule has 0 saturated carbocycles. The molecule has 0 aliphatic heterocycles. The maximum absolute atomic E-state index is 5.23. The number of nitrogens with zero attached hydrogens (tertiary/aromatic N) is 1. The van der Waals surface area contributed by atoms with Crippen molar-refractivity contribution in [3.8, 4) is 0 Å². The zero-order valence-corrected chi connectivity index (χ0v) is 16.6. The van der Waals surface area contributed by atoms with Crippen LogP contribution in [0.2, 0.25) is 0 Å². The van der Waals surface area contributed by atoms with Crippen molar-refractivity contribution in [1.82, 2.24) is 4.98 Å². The summed E-state index contributed by atoms with van der Waals surface area (Å²) in [6.07, 6.45) is 3.83. The minimum absolute atomic E-state index is 0. The van der Waals surface area contributed by atoms with Gasteiger partial charge in [-0.15, -0.1) is 11.3 Å². The largest absolute Gasteiger partial charge is 0.379 e. The molecular formula is C13H25NO2S2Y-2. The van der Waals surface area contributed by atoms with Crippen LogP contribution in [-0.4, -0.2) is 37.2 Å². The minimum atomic E-state index is 0. The van der Waals surface area contributed by atoms with E-state index in [1.165, 1.54) is 4.88 Å². The summed E-state index contributed by atoms with van der Waals surface area (Å²) in [5.41, 5.74) is 1.83. The molecule has 0 N–H and O–H groups in total. The van der Waals surface area contributed by atoms with Gasteiger partial charge in [0.1, 0.15) is 0 Å². The van der Waals surface area contributed by atoms with Gasteiger partial charge in [-0.2, -0.15) is 19.0 Å². The molecule has 0 amide bonds. The molecule has 0 spiro atoms. The average Bonchev–Trinajstić information content (AvgIpc) is 2.80. The molecule has 1 rings (SSSR count). The Morgan fingerprint density at radius 2 is 1.89 bits per heavy atom. The Kier molecular flexibility index (Phi) is 28.0. The smallest absolute Gasteiger partial charge is 0.0794 e. The van der Waals surface area contributed by atoms with Crippen LogP contribution < -0.4 is 0 Å². The predicted octanol–water partition coefficient (Wildman–Crippen LogP) is 3.46. The van der Waals surface area contributed by atoms with E-state index in [4.69, 9.17) is 9.47 Å². The maximum atomic E-state index is 5.23. The first-order chi connectivity index (χ1) is 8.31.